The van der Waals surface area contributed by atoms with Crippen LogP contribution in [0.2, 0.25) is 0 Å². The molecule has 2 N–H and O–H groups in total. The molecule has 24 heavy (non-hydrogen) atoms. The summed E-state index contributed by atoms with van der Waals surface area (Å²) in [7, 11) is 1.82. The Hall–Kier alpha value is -1.59. The highest BCUT2D eigenvalue weighted by atomic mass is 16.5. The van der Waals surface area contributed by atoms with Gasteiger partial charge in [-0.25, -0.2) is 0 Å². The van der Waals surface area contributed by atoms with Crippen LogP contribution >= 0.6 is 0 Å². The third-order valence-electron chi connectivity index (χ3n) is 5.13. The third kappa shape index (κ3) is 4.48. The SMILES string of the molecule is CN=C(NCC1CN2CCCC2CO1)NCC(C)c1ccccc1. The van der Waals surface area contributed by atoms with Gasteiger partial charge in [-0.2, -0.15) is 0 Å². The topological polar surface area (TPSA) is 48.9 Å². The average Bonchev–Trinajstić information content (AvgIpc) is 3.10. The van der Waals surface area contributed by atoms with Gasteiger partial charge in [-0.3, -0.25) is 9.89 Å². The number of hydrogen-bond acceptors (Lipinski definition) is 3. The number of morpholine rings is 1. The molecule has 5 nitrogen and oxygen atoms in total. The summed E-state index contributed by atoms with van der Waals surface area (Å²) in [5.74, 6) is 1.30. The molecule has 132 valence electrons. The van der Waals surface area contributed by atoms with Crippen molar-refractivity contribution >= 4 is 5.96 Å². The normalized spacial score (nSPS) is 26.0. The summed E-state index contributed by atoms with van der Waals surface area (Å²) in [6.07, 6.45) is 2.86. The quantitative estimate of drug-likeness (QED) is 0.639. The highest BCUT2D eigenvalue weighted by molar-refractivity contribution is 5.79. The lowest BCUT2D eigenvalue weighted by atomic mass is 10.0. The fourth-order valence-electron chi connectivity index (χ4n) is 3.59. The Morgan fingerprint density at radius 1 is 1.33 bits per heavy atom. The highest BCUT2D eigenvalue weighted by Gasteiger charge is 2.32. The van der Waals surface area contributed by atoms with E-state index >= 15 is 0 Å². The zero-order chi connectivity index (χ0) is 16.8. The Labute approximate surface area is 145 Å². The standard InChI is InChI=1S/C19H30N4O/c1-15(16-7-4-3-5-8-16)11-21-19(20-2)22-12-18-13-23-10-6-9-17(23)14-24-18/h3-5,7-8,15,17-18H,6,9-14H2,1-2H3,(H2,20,21,22). The van der Waals surface area contributed by atoms with Crippen molar-refractivity contribution in [3.63, 3.8) is 0 Å². The van der Waals surface area contributed by atoms with Crippen molar-refractivity contribution in [3.05, 3.63) is 35.9 Å². The Morgan fingerprint density at radius 2 is 2.17 bits per heavy atom. The molecule has 0 radical (unpaired) electrons. The second-order valence-corrected chi connectivity index (χ2v) is 6.89. The van der Waals surface area contributed by atoms with Crippen molar-refractivity contribution in [2.24, 2.45) is 4.99 Å². The summed E-state index contributed by atoms with van der Waals surface area (Å²) in [6, 6.07) is 11.2. The first-order chi connectivity index (χ1) is 11.8. The Balaban J connectivity index is 1.40. The minimum atomic E-state index is 0.254. The molecule has 0 aromatic heterocycles. The molecule has 1 aromatic rings. The third-order valence-corrected chi connectivity index (χ3v) is 5.13. The molecular formula is C19H30N4O. The van der Waals surface area contributed by atoms with Crippen molar-refractivity contribution in [2.45, 2.75) is 37.8 Å². The molecule has 2 aliphatic rings. The van der Waals surface area contributed by atoms with Gasteiger partial charge >= 0.3 is 0 Å². The number of guanidine groups is 1. The number of rotatable bonds is 5. The molecule has 0 bridgehead atoms. The van der Waals surface area contributed by atoms with Crippen LogP contribution < -0.4 is 10.6 Å². The van der Waals surface area contributed by atoms with E-state index in [9.17, 15) is 0 Å². The molecule has 0 amide bonds. The van der Waals surface area contributed by atoms with Gasteiger partial charge in [-0.05, 0) is 30.9 Å². The van der Waals surface area contributed by atoms with Crippen molar-refractivity contribution in [2.75, 3.05) is 39.8 Å². The van der Waals surface area contributed by atoms with Crippen molar-refractivity contribution < 1.29 is 4.74 Å². The van der Waals surface area contributed by atoms with Crippen LogP contribution in [0.5, 0.6) is 0 Å². The molecule has 2 aliphatic heterocycles. The average molecular weight is 330 g/mol. The molecule has 0 spiro atoms. The van der Waals surface area contributed by atoms with Gasteiger partial charge in [-0.1, -0.05) is 37.3 Å². The first-order valence-corrected chi connectivity index (χ1v) is 9.11. The maximum absolute atomic E-state index is 5.99. The first kappa shape index (κ1) is 17.2. The largest absolute Gasteiger partial charge is 0.373 e. The molecule has 1 aromatic carbocycles. The molecular weight excluding hydrogens is 300 g/mol. The summed E-state index contributed by atoms with van der Waals surface area (Å²) in [4.78, 5) is 6.90. The number of hydrogen-bond donors (Lipinski definition) is 2. The number of nitrogens with one attached hydrogen (secondary N) is 2. The molecule has 3 rings (SSSR count). The fourth-order valence-corrected chi connectivity index (χ4v) is 3.59. The van der Waals surface area contributed by atoms with Crippen molar-refractivity contribution in [1.29, 1.82) is 0 Å². The number of nitrogens with zero attached hydrogens (tertiary/aromatic N) is 2. The predicted octanol–water partition coefficient (Wildman–Crippen LogP) is 1.82. The molecule has 0 saturated carbocycles. The lowest BCUT2D eigenvalue weighted by molar-refractivity contribution is -0.0453. The first-order valence-electron chi connectivity index (χ1n) is 9.11. The summed E-state index contributed by atoms with van der Waals surface area (Å²) in [5.41, 5.74) is 1.34. The molecule has 5 heteroatoms. The van der Waals surface area contributed by atoms with E-state index in [1.807, 2.05) is 7.05 Å². The van der Waals surface area contributed by atoms with Gasteiger partial charge in [0.05, 0.1) is 12.7 Å². The lowest BCUT2D eigenvalue weighted by Gasteiger charge is -2.35. The van der Waals surface area contributed by atoms with E-state index < -0.39 is 0 Å². The lowest BCUT2D eigenvalue weighted by Crippen LogP contribution is -2.51. The monoisotopic (exact) mass is 330 g/mol. The Morgan fingerprint density at radius 3 is 2.96 bits per heavy atom. The van der Waals surface area contributed by atoms with E-state index in [1.165, 1.54) is 24.9 Å². The molecule has 3 atom stereocenters. The van der Waals surface area contributed by atoms with E-state index in [0.717, 1.165) is 32.2 Å². The molecule has 2 saturated heterocycles. The summed E-state index contributed by atoms with van der Waals surface area (Å²) in [5, 5.41) is 6.84. The summed E-state index contributed by atoms with van der Waals surface area (Å²) in [6.45, 7) is 7.05. The van der Waals surface area contributed by atoms with Gasteiger partial charge < -0.3 is 15.4 Å². The van der Waals surface area contributed by atoms with Crippen LogP contribution in [0.4, 0.5) is 0 Å². The van der Waals surface area contributed by atoms with Gasteiger partial charge in [0, 0.05) is 32.7 Å². The molecule has 2 fully saturated rings. The smallest absolute Gasteiger partial charge is 0.191 e. The van der Waals surface area contributed by atoms with Gasteiger partial charge in [0.2, 0.25) is 0 Å². The van der Waals surface area contributed by atoms with Crippen LogP contribution in [-0.4, -0.2) is 62.8 Å². The maximum Gasteiger partial charge on any atom is 0.191 e. The van der Waals surface area contributed by atoms with E-state index in [1.54, 1.807) is 0 Å². The van der Waals surface area contributed by atoms with Crippen molar-refractivity contribution in [3.8, 4) is 0 Å². The van der Waals surface area contributed by atoms with Crippen LogP contribution in [0.15, 0.2) is 35.3 Å². The molecule has 0 aliphatic carbocycles. The van der Waals surface area contributed by atoms with Crippen LogP contribution in [0, 0.1) is 0 Å². The van der Waals surface area contributed by atoms with Gasteiger partial charge in [-0.15, -0.1) is 0 Å². The van der Waals surface area contributed by atoms with Crippen LogP contribution in [0.25, 0.3) is 0 Å². The maximum atomic E-state index is 5.99. The van der Waals surface area contributed by atoms with E-state index in [-0.39, 0.29) is 6.10 Å². The minimum absolute atomic E-state index is 0.254. The summed E-state index contributed by atoms with van der Waals surface area (Å²) < 4.78 is 5.99. The van der Waals surface area contributed by atoms with E-state index in [2.05, 4.69) is 57.8 Å². The minimum Gasteiger partial charge on any atom is -0.373 e. The second kappa shape index (κ2) is 8.49. The van der Waals surface area contributed by atoms with Crippen molar-refractivity contribution in [1.82, 2.24) is 15.5 Å². The Kier molecular flexibility index (Phi) is 6.10. The number of fused-ring (bicyclic) bond motifs is 1. The summed E-state index contributed by atoms with van der Waals surface area (Å²) >= 11 is 0. The van der Waals surface area contributed by atoms with Gasteiger partial charge in [0.15, 0.2) is 5.96 Å². The van der Waals surface area contributed by atoms with Gasteiger partial charge in [0.25, 0.3) is 0 Å². The van der Waals surface area contributed by atoms with Crippen LogP contribution in [0.3, 0.4) is 0 Å². The van der Waals surface area contributed by atoms with E-state index in [4.69, 9.17) is 4.74 Å². The second-order valence-electron chi connectivity index (χ2n) is 6.89. The predicted molar refractivity (Wildman–Crippen MR) is 98.6 cm³/mol. The Bertz CT molecular complexity index is 533. The van der Waals surface area contributed by atoms with Crippen LogP contribution in [-0.2, 0) is 4.74 Å². The fraction of sp³-hybridized carbons (Fsp3) is 0.632. The van der Waals surface area contributed by atoms with Crippen LogP contribution in [0.1, 0.15) is 31.2 Å². The number of aliphatic imine (C=N–C) groups is 1. The highest BCUT2D eigenvalue weighted by Crippen LogP contribution is 2.22. The molecule has 3 unspecified atom stereocenters. The van der Waals surface area contributed by atoms with E-state index in [0.29, 0.717) is 12.0 Å². The zero-order valence-electron chi connectivity index (χ0n) is 14.9. The van der Waals surface area contributed by atoms with Gasteiger partial charge in [0.1, 0.15) is 0 Å². The number of benzene rings is 1. The molecule has 2 heterocycles. The zero-order valence-corrected chi connectivity index (χ0v) is 14.9. The number of ether oxygens (including phenoxy) is 1.